The van der Waals surface area contributed by atoms with Crippen molar-refractivity contribution in [3.8, 4) is 0 Å². The van der Waals surface area contributed by atoms with E-state index in [1.807, 2.05) is 6.79 Å². The zero-order valence-electron chi connectivity index (χ0n) is 7.79. The maximum Gasteiger partial charge on any atom is 0.333 e. The molecule has 0 aliphatic heterocycles. The lowest BCUT2D eigenvalue weighted by Crippen LogP contribution is -2.15. The van der Waals surface area contributed by atoms with Crippen molar-refractivity contribution < 1.29 is 9.53 Å². The molecule has 0 radical (unpaired) electrons. The van der Waals surface area contributed by atoms with Crippen molar-refractivity contribution in [3.05, 3.63) is 23.9 Å². The minimum absolute atomic E-state index is 0.247. The molecule has 1 aliphatic carbocycles. The number of hydrogen-bond donors (Lipinski definition) is 0. The van der Waals surface area contributed by atoms with Gasteiger partial charge in [-0.2, -0.15) is 4.85 Å². The van der Waals surface area contributed by atoms with E-state index in [1.165, 1.54) is 19.3 Å². The van der Waals surface area contributed by atoms with Gasteiger partial charge in [-0.25, -0.2) is 0 Å². The molecule has 0 aromatic heterocycles. The number of rotatable bonds is 2. The van der Waals surface area contributed by atoms with E-state index in [0.29, 0.717) is 0 Å². The summed E-state index contributed by atoms with van der Waals surface area (Å²) in [6.45, 7) is 12.1. The molecule has 0 unspecified atom stereocenters. The van der Waals surface area contributed by atoms with Gasteiger partial charge in [-0.3, -0.25) is 0 Å². The molecule has 1 saturated carbocycles. The van der Waals surface area contributed by atoms with Crippen molar-refractivity contribution >= 4 is 6.79 Å². The molecule has 1 fully saturated rings. The maximum absolute atomic E-state index is 8.00. The summed E-state index contributed by atoms with van der Waals surface area (Å²) in [6, 6.07) is 0. The molecule has 0 heterocycles. The van der Waals surface area contributed by atoms with Crippen LogP contribution in [0.1, 0.15) is 32.1 Å². The fourth-order valence-electron chi connectivity index (χ4n) is 1.40. The van der Waals surface area contributed by atoms with Crippen LogP contribution in [0.4, 0.5) is 0 Å². The van der Waals surface area contributed by atoms with Crippen LogP contribution in [0.5, 0.6) is 0 Å². The van der Waals surface area contributed by atoms with Crippen molar-refractivity contribution in [2.24, 2.45) is 0 Å². The first-order valence-corrected chi connectivity index (χ1v) is 4.35. The predicted octanol–water partition coefficient (Wildman–Crippen LogP) is 2.54. The molecule has 0 N–H and O–H groups in total. The van der Waals surface area contributed by atoms with Crippen molar-refractivity contribution in [1.82, 2.24) is 0 Å². The monoisotopic (exact) mass is 181 g/mol. The van der Waals surface area contributed by atoms with Crippen LogP contribution in [-0.2, 0) is 9.53 Å². The molecule has 0 atom stereocenters. The first-order chi connectivity index (χ1) is 6.33. The quantitative estimate of drug-likeness (QED) is 0.484. The van der Waals surface area contributed by atoms with Gasteiger partial charge in [0.05, 0.1) is 12.7 Å². The van der Waals surface area contributed by atoms with Crippen LogP contribution in [0.3, 0.4) is 0 Å². The normalized spacial score (nSPS) is 16.2. The molecule has 1 aliphatic rings. The van der Waals surface area contributed by atoms with Gasteiger partial charge in [0.1, 0.15) is 6.79 Å². The summed E-state index contributed by atoms with van der Waals surface area (Å²) < 4.78 is 5.29. The Morgan fingerprint density at radius 3 is 2.31 bits per heavy atom. The van der Waals surface area contributed by atoms with Gasteiger partial charge in [0.2, 0.25) is 0 Å². The molecular weight excluding hydrogens is 166 g/mol. The third-order valence-electron chi connectivity index (χ3n) is 1.98. The van der Waals surface area contributed by atoms with E-state index in [-0.39, 0.29) is 12.0 Å². The lowest BCUT2D eigenvalue weighted by Gasteiger charge is -2.22. The Labute approximate surface area is 79.2 Å². The van der Waals surface area contributed by atoms with Crippen LogP contribution in [0.15, 0.2) is 12.5 Å². The van der Waals surface area contributed by atoms with Crippen LogP contribution in [0.25, 0.3) is 4.85 Å². The van der Waals surface area contributed by atoms with E-state index in [0.717, 1.165) is 12.8 Å². The second kappa shape index (κ2) is 7.35. The Hall–Kier alpha value is -1.30. The molecule has 72 valence electrons. The molecule has 3 nitrogen and oxygen atoms in total. The number of hydrogen-bond acceptors (Lipinski definition) is 2. The van der Waals surface area contributed by atoms with E-state index >= 15 is 0 Å². The highest BCUT2D eigenvalue weighted by atomic mass is 16.5. The summed E-state index contributed by atoms with van der Waals surface area (Å²) in [5, 5.41) is 0. The average Bonchev–Trinajstić information content (AvgIpc) is 2.22. The minimum atomic E-state index is 0.247. The van der Waals surface area contributed by atoms with Gasteiger partial charge in [-0.1, -0.05) is 13.0 Å². The third kappa shape index (κ3) is 5.02. The zero-order chi connectivity index (χ0) is 10.1. The summed E-state index contributed by atoms with van der Waals surface area (Å²) in [7, 11) is 0. The van der Waals surface area contributed by atoms with Crippen molar-refractivity contribution in [1.29, 1.82) is 0 Å². The Balaban J connectivity index is 0.000000671. The van der Waals surface area contributed by atoms with Crippen LogP contribution in [-0.4, -0.2) is 12.9 Å². The highest BCUT2D eigenvalue weighted by Gasteiger charge is 2.14. The van der Waals surface area contributed by atoms with E-state index in [2.05, 4.69) is 11.4 Å². The van der Waals surface area contributed by atoms with E-state index in [4.69, 9.17) is 16.1 Å². The van der Waals surface area contributed by atoms with Gasteiger partial charge in [0.25, 0.3) is 0 Å². The molecule has 0 bridgehead atoms. The summed E-state index contributed by atoms with van der Waals surface area (Å²) in [6.07, 6.45) is 6.23. The second-order valence-corrected chi connectivity index (χ2v) is 2.88. The first-order valence-electron chi connectivity index (χ1n) is 4.35. The fraction of sp³-hybridized carbons (Fsp3) is 0.600. The molecular formula is C10H15NO2. The van der Waals surface area contributed by atoms with Gasteiger partial charge in [-0.15, -0.1) is 0 Å². The molecule has 3 heteroatoms. The van der Waals surface area contributed by atoms with E-state index in [1.54, 1.807) is 0 Å². The predicted molar refractivity (Wildman–Crippen MR) is 50.8 cm³/mol. The minimum Gasteiger partial charge on any atom is -0.515 e. The SMILES string of the molecule is C=O.[C-]#[N+]C(=C)OC1CCCCC1. The largest absolute Gasteiger partial charge is 0.515 e. The highest BCUT2D eigenvalue weighted by Crippen LogP contribution is 2.21. The lowest BCUT2D eigenvalue weighted by molar-refractivity contribution is -0.0979. The molecule has 0 saturated heterocycles. The lowest BCUT2D eigenvalue weighted by atomic mass is 9.98. The molecule has 13 heavy (non-hydrogen) atoms. The van der Waals surface area contributed by atoms with E-state index in [9.17, 15) is 0 Å². The highest BCUT2D eigenvalue weighted by molar-refractivity contribution is 5.11. The van der Waals surface area contributed by atoms with Gasteiger partial charge < -0.3 is 9.53 Å². The Bertz CT molecular complexity index is 190. The maximum atomic E-state index is 8.00. The summed E-state index contributed by atoms with van der Waals surface area (Å²) in [4.78, 5) is 11.1. The number of carbonyl (C=O) groups is 1. The number of carbonyl (C=O) groups excluding carboxylic acids is 1. The van der Waals surface area contributed by atoms with E-state index < -0.39 is 0 Å². The third-order valence-corrected chi connectivity index (χ3v) is 1.98. The smallest absolute Gasteiger partial charge is 0.333 e. The Morgan fingerprint density at radius 1 is 1.31 bits per heavy atom. The zero-order valence-corrected chi connectivity index (χ0v) is 7.79. The van der Waals surface area contributed by atoms with Crippen molar-refractivity contribution in [2.75, 3.05) is 0 Å². The average molecular weight is 181 g/mol. The van der Waals surface area contributed by atoms with Gasteiger partial charge in [0, 0.05) is 0 Å². The molecule has 0 aromatic rings. The molecule has 0 aromatic carbocycles. The standard InChI is InChI=1S/C9H13NO.CH2O/c1-8(10-2)11-9-6-4-3-5-7-9;1-2/h9H,1,3-7H2;1H2. The molecule has 0 spiro atoms. The number of ether oxygens (including phenoxy) is 1. The Kier molecular flexibility index (Phi) is 6.62. The van der Waals surface area contributed by atoms with Crippen molar-refractivity contribution in [3.63, 3.8) is 0 Å². The topological polar surface area (TPSA) is 30.7 Å². The van der Waals surface area contributed by atoms with Crippen LogP contribution < -0.4 is 0 Å². The number of nitrogens with zero attached hydrogens (tertiary/aromatic N) is 1. The summed E-state index contributed by atoms with van der Waals surface area (Å²) in [5.41, 5.74) is 0. The van der Waals surface area contributed by atoms with Gasteiger partial charge in [-0.05, 0) is 25.7 Å². The summed E-state index contributed by atoms with van der Waals surface area (Å²) >= 11 is 0. The second-order valence-electron chi connectivity index (χ2n) is 2.88. The molecule has 0 amide bonds. The van der Waals surface area contributed by atoms with Crippen LogP contribution >= 0.6 is 0 Å². The molecule has 1 rings (SSSR count). The first kappa shape index (κ1) is 11.7. The fourth-order valence-corrected chi connectivity index (χ4v) is 1.40. The van der Waals surface area contributed by atoms with Crippen LogP contribution in [0, 0.1) is 6.57 Å². The van der Waals surface area contributed by atoms with Gasteiger partial charge >= 0.3 is 5.88 Å². The van der Waals surface area contributed by atoms with Gasteiger partial charge in [0.15, 0.2) is 0 Å². The Morgan fingerprint density at radius 2 is 1.85 bits per heavy atom. The summed E-state index contributed by atoms with van der Waals surface area (Å²) in [5.74, 6) is 0.247. The van der Waals surface area contributed by atoms with Crippen LogP contribution in [0.2, 0.25) is 0 Å². The van der Waals surface area contributed by atoms with Crippen molar-refractivity contribution in [2.45, 2.75) is 38.2 Å².